The molecule has 0 spiro atoms. The Morgan fingerprint density at radius 3 is 3.00 bits per heavy atom. The predicted molar refractivity (Wildman–Crippen MR) is 72.6 cm³/mol. The highest BCUT2D eigenvalue weighted by atomic mass is 127. The summed E-state index contributed by atoms with van der Waals surface area (Å²) in [6.07, 6.45) is 0. The van der Waals surface area contributed by atoms with Gasteiger partial charge in [-0.15, -0.1) is 11.3 Å². The molecule has 0 aliphatic carbocycles. The van der Waals surface area contributed by atoms with Crippen LogP contribution in [0.1, 0.15) is 15.5 Å². The lowest BCUT2D eigenvalue weighted by Gasteiger charge is -2.03. The van der Waals surface area contributed by atoms with Crippen LogP contribution >= 0.6 is 33.9 Å². The van der Waals surface area contributed by atoms with Gasteiger partial charge in [0.2, 0.25) is 5.01 Å². The summed E-state index contributed by atoms with van der Waals surface area (Å²) in [6.45, 7) is 0.282. The van der Waals surface area contributed by atoms with Crippen LogP contribution in [0.25, 0.3) is 0 Å². The molecule has 17 heavy (non-hydrogen) atoms. The van der Waals surface area contributed by atoms with Gasteiger partial charge in [0.05, 0.1) is 5.69 Å². The summed E-state index contributed by atoms with van der Waals surface area (Å²) in [4.78, 5) is 14.6. The molecule has 4 nitrogen and oxygen atoms in total. The number of carbonyl (C=O) groups is 1. The predicted octanol–water partition coefficient (Wildman–Crippen LogP) is 3.02. The van der Waals surface area contributed by atoms with Gasteiger partial charge >= 0.3 is 5.97 Å². The molecular formula is C11H8INO3S. The minimum atomic E-state index is -1.00. The van der Waals surface area contributed by atoms with Crippen molar-refractivity contribution in [3.05, 3.63) is 43.9 Å². The molecule has 0 saturated heterocycles. The second-order valence-electron chi connectivity index (χ2n) is 3.20. The second-order valence-corrected chi connectivity index (χ2v) is 5.30. The van der Waals surface area contributed by atoms with Crippen LogP contribution in [0.4, 0.5) is 0 Å². The Balaban J connectivity index is 2.00. The maximum absolute atomic E-state index is 10.6. The molecule has 1 N–H and O–H groups in total. The first-order chi connectivity index (χ1) is 8.15. The number of ether oxygens (including phenoxy) is 1. The highest BCUT2D eigenvalue weighted by molar-refractivity contribution is 14.1. The van der Waals surface area contributed by atoms with Crippen molar-refractivity contribution in [2.24, 2.45) is 0 Å². The van der Waals surface area contributed by atoms with E-state index in [2.05, 4.69) is 27.6 Å². The van der Waals surface area contributed by atoms with Crippen LogP contribution < -0.4 is 4.74 Å². The summed E-state index contributed by atoms with van der Waals surface area (Å²) >= 11 is 3.31. The molecule has 0 aliphatic rings. The largest absolute Gasteiger partial charge is 0.487 e. The van der Waals surface area contributed by atoms with Gasteiger partial charge in [0, 0.05) is 8.95 Å². The molecule has 88 valence electrons. The van der Waals surface area contributed by atoms with Crippen LogP contribution in [0.15, 0.2) is 29.6 Å². The number of aromatic nitrogens is 1. The van der Waals surface area contributed by atoms with E-state index in [4.69, 9.17) is 9.84 Å². The Morgan fingerprint density at radius 1 is 1.53 bits per heavy atom. The van der Waals surface area contributed by atoms with Crippen molar-refractivity contribution in [1.82, 2.24) is 4.98 Å². The van der Waals surface area contributed by atoms with Gasteiger partial charge in [0.1, 0.15) is 12.4 Å². The summed E-state index contributed by atoms with van der Waals surface area (Å²) in [6, 6.07) is 7.64. The van der Waals surface area contributed by atoms with E-state index < -0.39 is 5.97 Å². The Morgan fingerprint density at radius 2 is 2.35 bits per heavy atom. The molecule has 0 fully saturated rings. The number of nitrogens with zero attached hydrogens (tertiary/aromatic N) is 1. The zero-order valence-corrected chi connectivity index (χ0v) is 11.6. The fourth-order valence-electron chi connectivity index (χ4n) is 1.19. The quantitative estimate of drug-likeness (QED) is 0.851. The zero-order valence-electron chi connectivity index (χ0n) is 8.59. The smallest absolute Gasteiger partial charge is 0.365 e. The van der Waals surface area contributed by atoms with Gasteiger partial charge in [-0.2, -0.15) is 0 Å². The first-order valence-corrected chi connectivity index (χ1v) is 6.67. The van der Waals surface area contributed by atoms with Gasteiger partial charge in [0.15, 0.2) is 0 Å². The third kappa shape index (κ3) is 3.40. The summed E-state index contributed by atoms with van der Waals surface area (Å²) < 4.78 is 6.60. The zero-order chi connectivity index (χ0) is 12.3. The first-order valence-electron chi connectivity index (χ1n) is 4.71. The van der Waals surface area contributed by atoms with Crippen LogP contribution in [0, 0.1) is 3.57 Å². The Kier molecular flexibility index (Phi) is 3.95. The van der Waals surface area contributed by atoms with Gasteiger partial charge in [-0.05, 0) is 40.8 Å². The van der Waals surface area contributed by atoms with Crippen LogP contribution in [0.2, 0.25) is 0 Å². The van der Waals surface area contributed by atoms with Gasteiger partial charge in [0.25, 0.3) is 0 Å². The topological polar surface area (TPSA) is 59.4 Å². The molecule has 0 unspecified atom stereocenters. The maximum atomic E-state index is 10.6. The van der Waals surface area contributed by atoms with E-state index in [1.807, 2.05) is 24.3 Å². The lowest BCUT2D eigenvalue weighted by atomic mass is 10.3. The lowest BCUT2D eigenvalue weighted by molar-refractivity contribution is 0.0696. The number of hydrogen-bond acceptors (Lipinski definition) is 4. The number of rotatable bonds is 4. The van der Waals surface area contributed by atoms with Gasteiger partial charge in [-0.3, -0.25) is 0 Å². The van der Waals surface area contributed by atoms with Crippen molar-refractivity contribution in [1.29, 1.82) is 0 Å². The first kappa shape index (κ1) is 12.3. The van der Waals surface area contributed by atoms with Crippen LogP contribution in [0.5, 0.6) is 5.75 Å². The molecular weight excluding hydrogens is 353 g/mol. The minimum absolute atomic E-state index is 0.0891. The van der Waals surface area contributed by atoms with Crippen molar-refractivity contribution in [2.45, 2.75) is 6.61 Å². The Hall–Kier alpha value is -1.15. The minimum Gasteiger partial charge on any atom is -0.487 e. The SMILES string of the molecule is O=C(O)c1nc(COc2cccc(I)c2)cs1. The molecule has 0 amide bonds. The lowest BCUT2D eigenvalue weighted by Crippen LogP contribution is -1.99. The van der Waals surface area contributed by atoms with Gasteiger partial charge in [-0.1, -0.05) is 6.07 Å². The van der Waals surface area contributed by atoms with Crippen molar-refractivity contribution in [3.63, 3.8) is 0 Å². The Bertz CT molecular complexity index is 541. The fraction of sp³-hybridized carbons (Fsp3) is 0.0909. The molecule has 6 heteroatoms. The molecule has 0 aliphatic heterocycles. The van der Waals surface area contributed by atoms with E-state index in [0.29, 0.717) is 5.69 Å². The van der Waals surface area contributed by atoms with E-state index in [1.165, 1.54) is 0 Å². The number of aromatic carboxylic acids is 1. The standard InChI is InChI=1S/C11H8INO3S/c12-7-2-1-3-9(4-7)16-5-8-6-17-10(13-8)11(14)15/h1-4,6H,5H2,(H,14,15). The molecule has 1 aromatic carbocycles. The molecule has 0 atom stereocenters. The average Bonchev–Trinajstić information content (AvgIpc) is 2.75. The summed E-state index contributed by atoms with van der Waals surface area (Å²) in [5, 5.41) is 10.5. The van der Waals surface area contributed by atoms with E-state index in [-0.39, 0.29) is 11.6 Å². The van der Waals surface area contributed by atoms with E-state index in [9.17, 15) is 4.79 Å². The molecule has 1 heterocycles. The van der Waals surface area contributed by atoms with Crippen molar-refractivity contribution >= 4 is 39.9 Å². The number of hydrogen-bond donors (Lipinski definition) is 1. The highest BCUT2D eigenvalue weighted by Crippen LogP contribution is 2.17. The van der Waals surface area contributed by atoms with E-state index >= 15 is 0 Å². The molecule has 1 aromatic heterocycles. The van der Waals surface area contributed by atoms with Crippen LogP contribution in [-0.4, -0.2) is 16.1 Å². The van der Waals surface area contributed by atoms with Crippen molar-refractivity contribution in [3.8, 4) is 5.75 Å². The van der Waals surface area contributed by atoms with Crippen LogP contribution in [0.3, 0.4) is 0 Å². The molecule has 2 aromatic rings. The van der Waals surface area contributed by atoms with E-state index in [0.717, 1.165) is 20.7 Å². The number of carboxylic acid groups (broad SMARTS) is 1. The third-order valence-electron chi connectivity index (χ3n) is 1.92. The normalized spacial score (nSPS) is 10.2. The maximum Gasteiger partial charge on any atom is 0.365 e. The number of halogens is 1. The second kappa shape index (κ2) is 5.46. The monoisotopic (exact) mass is 361 g/mol. The van der Waals surface area contributed by atoms with Crippen LogP contribution in [-0.2, 0) is 6.61 Å². The Labute approximate surface area is 115 Å². The molecule has 0 bridgehead atoms. The number of thiazole rings is 1. The molecule has 2 rings (SSSR count). The van der Waals surface area contributed by atoms with Gasteiger partial charge in [-0.25, -0.2) is 9.78 Å². The molecule has 0 saturated carbocycles. The van der Waals surface area contributed by atoms with Gasteiger partial charge < -0.3 is 9.84 Å². The highest BCUT2D eigenvalue weighted by Gasteiger charge is 2.09. The average molecular weight is 361 g/mol. The number of benzene rings is 1. The third-order valence-corrected chi connectivity index (χ3v) is 3.47. The van der Waals surface area contributed by atoms with Crippen molar-refractivity contribution in [2.75, 3.05) is 0 Å². The van der Waals surface area contributed by atoms with Crippen molar-refractivity contribution < 1.29 is 14.6 Å². The fourth-order valence-corrected chi connectivity index (χ4v) is 2.34. The van der Waals surface area contributed by atoms with E-state index in [1.54, 1.807) is 5.38 Å². The summed E-state index contributed by atoms with van der Waals surface area (Å²) in [5.41, 5.74) is 0.631. The molecule has 0 radical (unpaired) electrons. The number of carboxylic acids is 1. The summed E-state index contributed by atoms with van der Waals surface area (Å²) in [7, 11) is 0. The summed E-state index contributed by atoms with van der Waals surface area (Å²) in [5.74, 6) is -0.253.